The quantitative estimate of drug-likeness (QED) is 0.689. The van der Waals surface area contributed by atoms with E-state index >= 15 is 0 Å². The molecule has 1 heterocycles. The maximum atomic E-state index is 10.7. The summed E-state index contributed by atoms with van der Waals surface area (Å²) < 4.78 is 6.11. The standard InChI is InChI=1S/C12H10BrN3O3/c13-10-3-2-9(16(17)18)5-11(10)19-12-4-1-8(6-14)7-15-12/h1-5,7H,6,14H2. The zero-order valence-electron chi connectivity index (χ0n) is 9.75. The maximum Gasteiger partial charge on any atom is 0.273 e. The number of nitrogens with zero attached hydrogens (tertiary/aromatic N) is 2. The topological polar surface area (TPSA) is 91.3 Å². The minimum absolute atomic E-state index is 0.0446. The molecular formula is C12H10BrN3O3. The number of pyridine rings is 1. The van der Waals surface area contributed by atoms with Gasteiger partial charge in [-0.1, -0.05) is 6.07 Å². The van der Waals surface area contributed by atoms with Gasteiger partial charge in [-0.05, 0) is 27.6 Å². The van der Waals surface area contributed by atoms with Crippen molar-refractivity contribution in [1.82, 2.24) is 4.98 Å². The Morgan fingerprint density at radius 3 is 2.74 bits per heavy atom. The van der Waals surface area contributed by atoms with Gasteiger partial charge in [-0.2, -0.15) is 0 Å². The lowest BCUT2D eigenvalue weighted by Crippen LogP contribution is -1.97. The van der Waals surface area contributed by atoms with E-state index in [4.69, 9.17) is 10.5 Å². The molecule has 2 N–H and O–H groups in total. The van der Waals surface area contributed by atoms with Gasteiger partial charge in [0.25, 0.3) is 5.69 Å². The van der Waals surface area contributed by atoms with E-state index in [0.29, 0.717) is 22.6 Å². The molecule has 2 rings (SSSR count). The average molecular weight is 324 g/mol. The summed E-state index contributed by atoms with van der Waals surface area (Å²) in [6.07, 6.45) is 1.60. The smallest absolute Gasteiger partial charge is 0.273 e. The summed E-state index contributed by atoms with van der Waals surface area (Å²) >= 11 is 3.27. The van der Waals surface area contributed by atoms with Gasteiger partial charge in [0.1, 0.15) is 0 Å². The van der Waals surface area contributed by atoms with Crippen molar-refractivity contribution in [3.05, 3.63) is 56.7 Å². The molecular weight excluding hydrogens is 314 g/mol. The first-order valence-corrected chi connectivity index (χ1v) is 6.16. The van der Waals surface area contributed by atoms with Crippen LogP contribution in [0.5, 0.6) is 11.6 Å². The molecule has 0 atom stereocenters. The van der Waals surface area contributed by atoms with Gasteiger partial charge in [-0.25, -0.2) is 4.98 Å². The monoisotopic (exact) mass is 323 g/mol. The van der Waals surface area contributed by atoms with E-state index < -0.39 is 4.92 Å². The van der Waals surface area contributed by atoms with Crippen molar-refractivity contribution in [2.75, 3.05) is 0 Å². The van der Waals surface area contributed by atoms with Crippen LogP contribution < -0.4 is 10.5 Å². The van der Waals surface area contributed by atoms with E-state index in [9.17, 15) is 10.1 Å². The highest BCUT2D eigenvalue weighted by Gasteiger charge is 2.11. The molecule has 1 aromatic heterocycles. The number of non-ortho nitro benzene ring substituents is 1. The Labute approximate surface area is 117 Å². The lowest BCUT2D eigenvalue weighted by Gasteiger charge is -2.07. The van der Waals surface area contributed by atoms with Gasteiger partial charge in [0, 0.05) is 24.9 Å². The fraction of sp³-hybridized carbons (Fsp3) is 0.0833. The average Bonchev–Trinajstić information content (AvgIpc) is 2.42. The molecule has 0 fully saturated rings. The van der Waals surface area contributed by atoms with Crippen molar-refractivity contribution in [3.63, 3.8) is 0 Å². The first-order valence-electron chi connectivity index (χ1n) is 5.37. The number of nitrogens with two attached hydrogens (primary N) is 1. The molecule has 0 saturated heterocycles. The molecule has 0 unspecified atom stereocenters. The number of hydrogen-bond donors (Lipinski definition) is 1. The third kappa shape index (κ3) is 3.27. The van der Waals surface area contributed by atoms with E-state index in [1.807, 2.05) is 0 Å². The molecule has 1 aromatic carbocycles. The molecule has 19 heavy (non-hydrogen) atoms. The first-order chi connectivity index (χ1) is 9.10. The minimum atomic E-state index is -0.482. The Morgan fingerprint density at radius 1 is 1.37 bits per heavy atom. The van der Waals surface area contributed by atoms with Crippen molar-refractivity contribution in [1.29, 1.82) is 0 Å². The van der Waals surface area contributed by atoms with Crippen molar-refractivity contribution in [3.8, 4) is 11.6 Å². The summed E-state index contributed by atoms with van der Waals surface area (Å²) in [6, 6.07) is 7.73. The van der Waals surface area contributed by atoms with Gasteiger partial charge in [0.2, 0.25) is 5.88 Å². The third-order valence-electron chi connectivity index (χ3n) is 2.37. The fourth-order valence-electron chi connectivity index (χ4n) is 1.39. The molecule has 7 heteroatoms. The Bertz CT molecular complexity index is 602. The number of halogens is 1. The SMILES string of the molecule is NCc1ccc(Oc2cc([N+](=O)[O-])ccc2Br)nc1. The molecule has 0 saturated carbocycles. The second-order valence-corrected chi connectivity index (χ2v) is 4.54. The van der Waals surface area contributed by atoms with E-state index in [-0.39, 0.29) is 5.69 Å². The van der Waals surface area contributed by atoms with Crippen molar-refractivity contribution in [2.45, 2.75) is 6.54 Å². The fourth-order valence-corrected chi connectivity index (χ4v) is 1.72. The molecule has 2 aromatic rings. The number of hydrogen-bond acceptors (Lipinski definition) is 5. The van der Waals surface area contributed by atoms with Crippen LogP contribution in [0.1, 0.15) is 5.56 Å². The predicted octanol–water partition coefficient (Wildman–Crippen LogP) is 3.00. The molecule has 98 valence electrons. The summed E-state index contributed by atoms with van der Waals surface area (Å²) in [5, 5.41) is 10.7. The third-order valence-corrected chi connectivity index (χ3v) is 3.03. The van der Waals surface area contributed by atoms with Gasteiger partial charge in [0.15, 0.2) is 5.75 Å². The lowest BCUT2D eigenvalue weighted by atomic mass is 10.3. The molecule has 0 bridgehead atoms. The van der Waals surface area contributed by atoms with Crippen LogP contribution in [0.3, 0.4) is 0 Å². The number of benzene rings is 1. The Hall–Kier alpha value is -1.99. The zero-order chi connectivity index (χ0) is 13.8. The van der Waals surface area contributed by atoms with Crippen LogP contribution in [-0.4, -0.2) is 9.91 Å². The number of rotatable bonds is 4. The number of nitro benzene ring substituents is 1. The summed E-state index contributed by atoms with van der Waals surface area (Å²) in [5.74, 6) is 0.681. The van der Waals surface area contributed by atoms with Crippen LogP contribution in [-0.2, 0) is 6.54 Å². The number of ether oxygens (including phenoxy) is 1. The van der Waals surface area contributed by atoms with Crippen LogP contribution >= 0.6 is 15.9 Å². The molecule has 0 aliphatic rings. The number of nitro groups is 1. The maximum absolute atomic E-state index is 10.7. The van der Waals surface area contributed by atoms with Crippen molar-refractivity contribution >= 4 is 21.6 Å². The summed E-state index contributed by atoms with van der Waals surface area (Å²) in [6.45, 7) is 0.397. The largest absolute Gasteiger partial charge is 0.438 e. The molecule has 0 radical (unpaired) electrons. The second-order valence-electron chi connectivity index (χ2n) is 3.68. The van der Waals surface area contributed by atoms with Gasteiger partial charge in [0.05, 0.1) is 15.5 Å². The van der Waals surface area contributed by atoms with Gasteiger partial charge >= 0.3 is 0 Å². The van der Waals surface area contributed by atoms with Gasteiger partial charge in [-0.3, -0.25) is 10.1 Å². The zero-order valence-corrected chi connectivity index (χ0v) is 11.3. The van der Waals surface area contributed by atoms with Crippen molar-refractivity contribution < 1.29 is 9.66 Å². The lowest BCUT2D eigenvalue weighted by molar-refractivity contribution is -0.384. The van der Waals surface area contributed by atoms with E-state index in [1.54, 1.807) is 24.4 Å². The highest BCUT2D eigenvalue weighted by molar-refractivity contribution is 9.10. The van der Waals surface area contributed by atoms with E-state index in [0.717, 1.165) is 5.56 Å². The second kappa shape index (κ2) is 5.77. The Balaban J connectivity index is 2.26. The van der Waals surface area contributed by atoms with Crippen molar-refractivity contribution in [2.24, 2.45) is 5.73 Å². The molecule has 6 nitrogen and oxygen atoms in total. The summed E-state index contributed by atoms with van der Waals surface area (Å²) in [4.78, 5) is 14.3. The van der Waals surface area contributed by atoms with Gasteiger partial charge in [-0.15, -0.1) is 0 Å². The predicted molar refractivity (Wildman–Crippen MR) is 73.0 cm³/mol. The van der Waals surface area contributed by atoms with Crippen LogP contribution in [0.25, 0.3) is 0 Å². The molecule has 0 spiro atoms. The van der Waals surface area contributed by atoms with E-state index in [2.05, 4.69) is 20.9 Å². The highest BCUT2D eigenvalue weighted by Crippen LogP contribution is 2.32. The Kier molecular flexibility index (Phi) is 4.08. The van der Waals surface area contributed by atoms with Crippen LogP contribution in [0.15, 0.2) is 41.0 Å². The van der Waals surface area contributed by atoms with Crippen LogP contribution in [0.4, 0.5) is 5.69 Å². The molecule has 0 aliphatic heterocycles. The van der Waals surface area contributed by atoms with E-state index in [1.165, 1.54) is 12.1 Å². The van der Waals surface area contributed by atoms with Crippen LogP contribution in [0, 0.1) is 10.1 Å². The summed E-state index contributed by atoms with van der Waals surface area (Å²) in [7, 11) is 0. The first kappa shape index (κ1) is 13.4. The minimum Gasteiger partial charge on any atom is -0.438 e. The molecule has 0 aliphatic carbocycles. The normalized spacial score (nSPS) is 10.2. The Morgan fingerprint density at radius 2 is 2.16 bits per heavy atom. The number of aromatic nitrogens is 1. The van der Waals surface area contributed by atoms with Crippen LogP contribution in [0.2, 0.25) is 0 Å². The molecule has 0 amide bonds. The van der Waals surface area contributed by atoms with Gasteiger partial charge < -0.3 is 10.5 Å². The highest BCUT2D eigenvalue weighted by atomic mass is 79.9. The summed E-state index contributed by atoms with van der Waals surface area (Å²) in [5.41, 5.74) is 6.30.